The highest BCUT2D eigenvalue weighted by Gasteiger charge is 2.05. The molecule has 4 bridgehead atoms. The molecule has 0 fully saturated rings. The number of nitrogens with one attached hydrogen (secondary N) is 2. The summed E-state index contributed by atoms with van der Waals surface area (Å²) < 4.78 is 0. The van der Waals surface area contributed by atoms with Crippen molar-refractivity contribution >= 4 is 50.1 Å². The molecule has 2 N–H and O–H groups in total. The summed E-state index contributed by atoms with van der Waals surface area (Å²) in [6.45, 7) is 11.1. The van der Waals surface area contributed by atoms with Crippen molar-refractivity contribution in [2.75, 3.05) is 52.4 Å². The van der Waals surface area contributed by atoms with Gasteiger partial charge in [-0.25, -0.2) is 0 Å². The number of aliphatic imine (C=N–C) groups is 4. The highest BCUT2D eigenvalue weighted by atomic mass is 32.1. The molecular weight excluding hydrogens is 509 g/mol. The van der Waals surface area contributed by atoms with E-state index in [9.17, 15) is 0 Å². The Bertz CT molecular complexity index is 972. The zero-order chi connectivity index (χ0) is 27.0. The second kappa shape index (κ2) is 17.4. The van der Waals surface area contributed by atoms with Crippen LogP contribution in [0.2, 0.25) is 0 Å². The predicted molar refractivity (Wildman–Crippen MR) is 171 cm³/mol. The van der Waals surface area contributed by atoms with Crippen LogP contribution in [-0.4, -0.2) is 77.2 Å². The van der Waals surface area contributed by atoms with Crippen molar-refractivity contribution in [2.45, 2.75) is 49.3 Å². The molecule has 8 heteroatoms. The molecule has 0 atom stereocenters. The number of fused-ring (bicyclic) bond motifs is 4. The molecular formula is C30H42N6S2. The van der Waals surface area contributed by atoms with Crippen molar-refractivity contribution in [3.8, 4) is 0 Å². The Kier molecular flexibility index (Phi) is 13.8. The topological polar surface area (TPSA) is 73.5 Å². The van der Waals surface area contributed by atoms with Gasteiger partial charge in [0, 0.05) is 83.1 Å². The Morgan fingerprint density at radius 1 is 0.500 bits per heavy atom. The first-order valence-electron chi connectivity index (χ1n) is 13.6. The third kappa shape index (κ3) is 10.8. The number of rotatable bonds is 0. The van der Waals surface area contributed by atoms with Gasteiger partial charge in [0.2, 0.25) is 0 Å². The molecule has 0 saturated heterocycles. The lowest BCUT2D eigenvalue weighted by Gasteiger charge is -2.07. The Labute approximate surface area is 239 Å². The summed E-state index contributed by atoms with van der Waals surface area (Å²) in [6.07, 6.45) is 11.7. The summed E-state index contributed by atoms with van der Waals surface area (Å²) in [6, 6.07) is 8.51. The van der Waals surface area contributed by atoms with Crippen LogP contribution >= 0.6 is 25.3 Å². The van der Waals surface area contributed by atoms with Gasteiger partial charge in [-0.05, 0) is 101 Å². The first-order chi connectivity index (χ1) is 18.5. The molecule has 0 unspecified atom stereocenters. The number of thiol groups is 2. The summed E-state index contributed by atoms with van der Waals surface area (Å²) >= 11 is 9.51. The number of aryl methyl sites for hydroxylation is 2. The van der Waals surface area contributed by atoms with Crippen molar-refractivity contribution in [3.05, 3.63) is 57.6 Å². The van der Waals surface area contributed by atoms with E-state index in [-0.39, 0.29) is 0 Å². The van der Waals surface area contributed by atoms with E-state index in [1.807, 2.05) is 24.9 Å². The van der Waals surface area contributed by atoms with E-state index in [1.54, 1.807) is 0 Å². The van der Waals surface area contributed by atoms with Crippen molar-refractivity contribution in [3.63, 3.8) is 0 Å². The van der Waals surface area contributed by atoms with Gasteiger partial charge in [-0.3, -0.25) is 20.0 Å². The number of hydrogen-bond donors (Lipinski definition) is 4. The average Bonchev–Trinajstić information content (AvgIpc) is 2.89. The third-order valence-corrected chi connectivity index (χ3v) is 7.14. The monoisotopic (exact) mass is 550 g/mol. The van der Waals surface area contributed by atoms with E-state index in [2.05, 4.69) is 68.7 Å². The predicted octanol–water partition coefficient (Wildman–Crippen LogP) is 5.01. The van der Waals surface area contributed by atoms with Gasteiger partial charge in [0.1, 0.15) is 0 Å². The van der Waals surface area contributed by atoms with Crippen LogP contribution in [0.4, 0.5) is 0 Å². The second-order valence-corrected chi connectivity index (χ2v) is 10.5. The maximum Gasteiger partial charge on any atom is 0.0401 e. The second-order valence-electron chi connectivity index (χ2n) is 9.64. The first kappa shape index (κ1) is 30.3. The molecule has 0 saturated carbocycles. The molecule has 1 aliphatic rings. The number of benzene rings is 2. The molecule has 0 spiro atoms. The van der Waals surface area contributed by atoms with E-state index in [0.29, 0.717) is 0 Å². The molecule has 1 heterocycles. The molecule has 0 aromatic heterocycles. The van der Waals surface area contributed by atoms with Crippen molar-refractivity contribution in [1.29, 1.82) is 0 Å². The van der Waals surface area contributed by atoms with Crippen LogP contribution in [0.1, 0.15) is 59.1 Å². The number of nitrogens with zero attached hydrogens (tertiary/aromatic N) is 4. The van der Waals surface area contributed by atoms with Gasteiger partial charge in [0.05, 0.1) is 0 Å². The largest absolute Gasteiger partial charge is 0.317 e. The van der Waals surface area contributed by atoms with Gasteiger partial charge in [-0.15, -0.1) is 25.3 Å². The van der Waals surface area contributed by atoms with Crippen LogP contribution < -0.4 is 10.6 Å². The van der Waals surface area contributed by atoms with Crippen LogP contribution in [0.15, 0.2) is 54.0 Å². The van der Waals surface area contributed by atoms with Gasteiger partial charge in [0.15, 0.2) is 0 Å². The minimum absolute atomic E-state index is 0.784. The van der Waals surface area contributed by atoms with Crippen LogP contribution in [0.3, 0.4) is 0 Å². The molecule has 0 amide bonds. The van der Waals surface area contributed by atoms with Crippen LogP contribution in [0, 0.1) is 13.8 Å². The molecule has 0 aliphatic carbocycles. The van der Waals surface area contributed by atoms with Gasteiger partial charge < -0.3 is 10.6 Å². The Hall–Kier alpha value is -2.26. The maximum atomic E-state index is 4.75. The number of hydrogen-bond acceptors (Lipinski definition) is 8. The molecule has 0 radical (unpaired) electrons. The third-order valence-electron chi connectivity index (χ3n) is 6.11. The van der Waals surface area contributed by atoms with E-state index in [4.69, 9.17) is 25.3 Å². The molecule has 204 valence electrons. The smallest absolute Gasteiger partial charge is 0.0401 e. The maximum absolute atomic E-state index is 4.75. The van der Waals surface area contributed by atoms with E-state index in [0.717, 1.165) is 110 Å². The lowest BCUT2D eigenvalue weighted by molar-refractivity contribution is 0.633. The Balaban J connectivity index is 1.60. The fourth-order valence-corrected chi connectivity index (χ4v) is 4.64. The fraction of sp³-hybridized carbons (Fsp3) is 0.467. The molecule has 2 aromatic carbocycles. The molecule has 3 rings (SSSR count). The summed E-state index contributed by atoms with van der Waals surface area (Å²) in [5.74, 6) is 0. The van der Waals surface area contributed by atoms with Gasteiger partial charge in [-0.1, -0.05) is 0 Å². The SMILES string of the molecule is Cc1cc2c(S)c(c1)C=NCCCNCCCN=Cc1cc(C)cc(c1S)C=NCCCNCCCN=C2. The quantitative estimate of drug-likeness (QED) is 0.348. The first-order valence-corrected chi connectivity index (χ1v) is 14.5. The fourth-order valence-electron chi connectivity index (χ4n) is 4.15. The van der Waals surface area contributed by atoms with Crippen LogP contribution in [0.25, 0.3) is 0 Å². The molecule has 6 nitrogen and oxygen atoms in total. The van der Waals surface area contributed by atoms with Crippen molar-refractivity contribution in [1.82, 2.24) is 10.6 Å². The summed E-state index contributed by atoms with van der Waals surface area (Å²) in [7, 11) is 0. The van der Waals surface area contributed by atoms with E-state index >= 15 is 0 Å². The standard InChI is InChI=1S/C30H42N6S2/c1-23-15-25-19-33-11-3-7-31-9-5-13-35-21-27-17-24(2)18-28(30(27)38)22-36-14-6-10-32-8-4-12-34-20-26(16-23)29(25)37/h15-22,31-32,37-38H,3-14H2,1-2H3. The van der Waals surface area contributed by atoms with Gasteiger partial charge >= 0.3 is 0 Å². The van der Waals surface area contributed by atoms with E-state index in [1.165, 1.54) is 11.1 Å². The lowest BCUT2D eigenvalue weighted by atomic mass is 10.1. The van der Waals surface area contributed by atoms with Crippen molar-refractivity contribution < 1.29 is 0 Å². The normalized spacial score (nSPS) is 17.2. The Morgan fingerprint density at radius 2 is 0.763 bits per heavy atom. The molecule has 2 aromatic rings. The zero-order valence-electron chi connectivity index (χ0n) is 22.8. The minimum atomic E-state index is 0.784. The van der Waals surface area contributed by atoms with Crippen LogP contribution in [-0.2, 0) is 0 Å². The Morgan fingerprint density at radius 3 is 1.03 bits per heavy atom. The average molecular weight is 551 g/mol. The minimum Gasteiger partial charge on any atom is -0.317 e. The highest BCUT2D eigenvalue weighted by molar-refractivity contribution is 7.80. The van der Waals surface area contributed by atoms with Crippen molar-refractivity contribution in [2.24, 2.45) is 20.0 Å². The molecule has 1 aliphatic heterocycles. The highest BCUT2D eigenvalue weighted by Crippen LogP contribution is 2.20. The summed E-state index contributed by atoms with van der Waals surface area (Å²) in [5, 5.41) is 6.98. The molecule has 38 heavy (non-hydrogen) atoms. The summed E-state index contributed by atoms with van der Waals surface area (Å²) in [5.41, 5.74) is 6.55. The van der Waals surface area contributed by atoms with Gasteiger partial charge in [-0.2, -0.15) is 0 Å². The van der Waals surface area contributed by atoms with Crippen LogP contribution in [0.5, 0.6) is 0 Å². The van der Waals surface area contributed by atoms with E-state index < -0.39 is 0 Å². The lowest BCUT2D eigenvalue weighted by Crippen LogP contribution is -2.18. The zero-order valence-corrected chi connectivity index (χ0v) is 24.6. The summed E-state index contributed by atoms with van der Waals surface area (Å²) in [4.78, 5) is 20.4. The van der Waals surface area contributed by atoms with Gasteiger partial charge in [0.25, 0.3) is 0 Å².